The Balaban J connectivity index is 2.08. The van der Waals surface area contributed by atoms with Crippen molar-refractivity contribution in [1.29, 1.82) is 0 Å². The first-order valence-electron chi connectivity index (χ1n) is 8.79. The van der Waals surface area contributed by atoms with Crippen molar-refractivity contribution >= 4 is 0 Å². The molecule has 0 aliphatic heterocycles. The topological polar surface area (TPSA) is 44.5 Å². The lowest BCUT2D eigenvalue weighted by molar-refractivity contribution is 0.269. The van der Waals surface area contributed by atoms with Crippen LogP contribution in [0.4, 0.5) is 0 Å². The predicted octanol–water partition coefficient (Wildman–Crippen LogP) is 5.10. The first kappa shape index (κ1) is 18.3. The third kappa shape index (κ3) is 5.57. The largest absolute Gasteiger partial charge is 0.490 e. The Kier molecular flexibility index (Phi) is 7.13. The van der Waals surface area contributed by atoms with Crippen LogP contribution in [0.5, 0.6) is 11.5 Å². The summed E-state index contributed by atoms with van der Waals surface area (Å²) in [5.74, 6) is 2.20. The highest BCUT2D eigenvalue weighted by atomic mass is 16.5. The zero-order valence-corrected chi connectivity index (χ0v) is 15.0. The summed E-state index contributed by atoms with van der Waals surface area (Å²) < 4.78 is 11.7. The van der Waals surface area contributed by atoms with Gasteiger partial charge in [0.05, 0.1) is 6.61 Å². The van der Waals surface area contributed by atoms with Crippen molar-refractivity contribution in [1.82, 2.24) is 0 Å². The molecular formula is C21H29NO2. The van der Waals surface area contributed by atoms with E-state index in [1.165, 1.54) is 0 Å². The van der Waals surface area contributed by atoms with Crippen LogP contribution in [0.25, 0.3) is 0 Å². The molecule has 2 aromatic carbocycles. The first-order valence-corrected chi connectivity index (χ1v) is 8.79. The lowest BCUT2D eigenvalue weighted by Crippen LogP contribution is -2.11. The van der Waals surface area contributed by atoms with Crippen molar-refractivity contribution in [3.8, 4) is 11.5 Å². The van der Waals surface area contributed by atoms with Crippen LogP contribution < -0.4 is 15.2 Å². The maximum absolute atomic E-state index is 6.33. The van der Waals surface area contributed by atoms with Crippen molar-refractivity contribution in [2.45, 2.75) is 46.3 Å². The third-order valence-electron chi connectivity index (χ3n) is 3.99. The standard InChI is InChI=1S/C21H29NO2/c1-4-23-21-14-18(19(22)12-10-16(2)3)11-13-20(21)24-15-17-8-6-5-7-9-17/h5-9,11,13-14,16,19H,4,10,12,15,22H2,1-3H3/t19-/m1/s1. The Hall–Kier alpha value is -2.00. The van der Waals surface area contributed by atoms with Gasteiger partial charge in [-0.3, -0.25) is 0 Å². The molecule has 0 saturated carbocycles. The number of nitrogens with two attached hydrogens (primary N) is 1. The Labute approximate surface area is 145 Å². The molecular weight excluding hydrogens is 298 g/mol. The second-order valence-electron chi connectivity index (χ2n) is 6.49. The monoisotopic (exact) mass is 327 g/mol. The molecule has 3 heteroatoms. The number of benzene rings is 2. The van der Waals surface area contributed by atoms with Crippen LogP contribution in [0.2, 0.25) is 0 Å². The zero-order chi connectivity index (χ0) is 17.4. The van der Waals surface area contributed by atoms with E-state index in [1.54, 1.807) is 0 Å². The minimum atomic E-state index is 0.0368. The van der Waals surface area contributed by atoms with Crippen LogP contribution in [0.1, 0.15) is 50.8 Å². The highest BCUT2D eigenvalue weighted by Crippen LogP contribution is 2.32. The summed E-state index contributed by atoms with van der Waals surface area (Å²) in [6.07, 6.45) is 2.10. The fourth-order valence-electron chi connectivity index (χ4n) is 2.56. The lowest BCUT2D eigenvalue weighted by Gasteiger charge is -2.17. The second-order valence-corrected chi connectivity index (χ2v) is 6.49. The van der Waals surface area contributed by atoms with Crippen LogP contribution >= 0.6 is 0 Å². The number of ether oxygens (including phenoxy) is 2. The van der Waals surface area contributed by atoms with E-state index in [4.69, 9.17) is 15.2 Å². The minimum Gasteiger partial charge on any atom is -0.490 e. The van der Waals surface area contributed by atoms with Crippen molar-refractivity contribution in [3.63, 3.8) is 0 Å². The highest BCUT2D eigenvalue weighted by molar-refractivity contribution is 5.44. The number of hydrogen-bond donors (Lipinski definition) is 1. The van der Waals surface area contributed by atoms with E-state index in [-0.39, 0.29) is 6.04 Å². The van der Waals surface area contributed by atoms with Gasteiger partial charge in [0.25, 0.3) is 0 Å². The van der Waals surface area contributed by atoms with Gasteiger partial charge in [-0.05, 0) is 48.9 Å². The summed E-state index contributed by atoms with van der Waals surface area (Å²) in [7, 11) is 0. The van der Waals surface area contributed by atoms with E-state index < -0.39 is 0 Å². The molecule has 0 bridgehead atoms. The van der Waals surface area contributed by atoms with Crippen molar-refractivity contribution in [2.24, 2.45) is 11.7 Å². The van der Waals surface area contributed by atoms with Gasteiger partial charge in [-0.15, -0.1) is 0 Å². The van der Waals surface area contributed by atoms with Gasteiger partial charge in [-0.2, -0.15) is 0 Å². The number of hydrogen-bond acceptors (Lipinski definition) is 3. The summed E-state index contributed by atoms with van der Waals surface area (Å²) in [5, 5.41) is 0. The van der Waals surface area contributed by atoms with Gasteiger partial charge in [0, 0.05) is 6.04 Å². The maximum atomic E-state index is 6.33. The Morgan fingerprint density at radius 2 is 1.67 bits per heavy atom. The quantitative estimate of drug-likeness (QED) is 0.697. The molecule has 0 spiro atoms. The fraction of sp³-hybridized carbons (Fsp3) is 0.429. The van der Waals surface area contributed by atoms with Crippen molar-refractivity contribution in [2.75, 3.05) is 6.61 Å². The molecule has 0 aliphatic carbocycles. The summed E-state index contributed by atoms with van der Waals surface area (Å²) in [6, 6.07) is 16.2. The summed E-state index contributed by atoms with van der Waals surface area (Å²) in [5.41, 5.74) is 8.57. The second kappa shape index (κ2) is 9.33. The molecule has 0 aromatic heterocycles. The van der Waals surface area contributed by atoms with Gasteiger partial charge in [0.1, 0.15) is 6.61 Å². The van der Waals surface area contributed by atoms with E-state index >= 15 is 0 Å². The Morgan fingerprint density at radius 3 is 2.33 bits per heavy atom. The van der Waals surface area contributed by atoms with Gasteiger partial charge in [-0.25, -0.2) is 0 Å². The van der Waals surface area contributed by atoms with Crippen molar-refractivity contribution < 1.29 is 9.47 Å². The lowest BCUT2D eigenvalue weighted by atomic mass is 9.98. The Morgan fingerprint density at radius 1 is 0.917 bits per heavy atom. The van der Waals surface area contributed by atoms with E-state index in [0.717, 1.165) is 35.5 Å². The molecule has 0 unspecified atom stereocenters. The molecule has 130 valence electrons. The summed E-state index contributed by atoms with van der Waals surface area (Å²) in [4.78, 5) is 0. The van der Waals surface area contributed by atoms with Crippen LogP contribution in [-0.2, 0) is 6.61 Å². The van der Waals surface area contributed by atoms with E-state index in [2.05, 4.69) is 26.0 Å². The number of rotatable bonds is 9. The van der Waals surface area contributed by atoms with Gasteiger partial charge in [0.15, 0.2) is 11.5 Å². The van der Waals surface area contributed by atoms with Gasteiger partial charge in [-0.1, -0.05) is 50.2 Å². The predicted molar refractivity (Wildman–Crippen MR) is 99.4 cm³/mol. The van der Waals surface area contributed by atoms with Crippen LogP contribution in [0.15, 0.2) is 48.5 Å². The van der Waals surface area contributed by atoms with Gasteiger partial charge < -0.3 is 15.2 Å². The molecule has 3 nitrogen and oxygen atoms in total. The van der Waals surface area contributed by atoms with E-state index in [1.807, 2.05) is 43.3 Å². The molecule has 0 radical (unpaired) electrons. The molecule has 0 saturated heterocycles. The molecule has 24 heavy (non-hydrogen) atoms. The third-order valence-corrected chi connectivity index (χ3v) is 3.99. The van der Waals surface area contributed by atoms with E-state index in [9.17, 15) is 0 Å². The molecule has 2 aromatic rings. The van der Waals surface area contributed by atoms with Crippen molar-refractivity contribution in [3.05, 3.63) is 59.7 Å². The molecule has 2 rings (SSSR count). The molecule has 0 aliphatic rings. The van der Waals surface area contributed by atoms with Crippen LogP contribution in [0.3, 0.4) is 0 Å². The van der Waals surface area contributed by atoms with E-state index in [0.29, 0.717) is 19.1 Å². The smallest absolute Gasteiger partial charge is 0.161 e. The van der Waals surface area contributed by atoms with Crippen LogP contribution in [0, 0.1) is 5.92 Å². The van der Waals surface area contributed by atoms with Crippen LogP contribution in [-0.4, -0.2) is 6.61 Å². The zero-order valence-electron chi connectivity index (χ0n) is 15.0. The fourth-order valence-corrected chi connectivity index (χ4v) is 2.56. The summed E-state index contributed by atoms with van der Waals surface area (Å²) in [6.45, 7) is 7.55. The normalized spacial score (nSPS) is 12.2. The van der Waals surface area contributed by atoms with Gasteiger partial charge in [0.2, 0.25) is 0 Å². The molecule has 0 amide bonds. The highest BCUT2D eigenvalue weighted by Gasteiger charge is 2.12. The summed E-state index contributed by atoms with van der Waals surface area (Å²) >= 11 is 0. The molecule has 0 fully saturated rings. The molecule has 0 heterocycles. The average molecular weight is 327 g/mol. The Bertz CT molecular complexity index is 610. The first-order chi connectivity index (χ1) is 11.6. The maximum Gasteiger partial charge on any atom is 0.161 e. The average Bonchev–Trinajstić information content (AvgIpc) is 2.59. The molecule has 2 N–H and O–H groups in total. The minimum absolute atomic E-state index is 0.0368. The SMILES string of the molecule is CCOc1cc([C@H](N)CCC(C)C)ccc1OCc1ccccc1. The van der Waals surface area contributed by atoms with Gasteiger partial charge >= 0.3 is 0 Å². The molecule has 1 atom stereocenters.